The predicted molar refractivity (Wildman–Crippen MR) is 60.9 cm³/mol. The second kappa shape index (κ2) is 6.75. The predicted octanol–water partition coefficient (Wildman–Crippen LogP) is 1.43. The van der Waals surface area contributed by atoms with E-state index in [0.717, 1.165) is 6.61 Å². The van der Waals surface area contributed by atoms with Crippen molar-refractivity contribution < 1.29 is 4.74 Å². The zero-order chi connectivity index (χ0) is 11.8. The summed E-state index contributed by atoms with van der Waals surface area (Å²) >= 11 is 0. The fourth-order valence-electron chi connectivity index (χ4n) is 1.05. The van der Waals surface area contributed by atoms with Gasteiger partial charge in [0.1, 0.15) is 11.9 Å². The van der Waals surface area contributed by atoms with E-state index in [1.54, 1.807) is 6.20 Å². The number of nitrogens with one attached hydrogen (secondary N) is 1. The normalized spacial score (nSPS) is 10.1. The molecule has 16 heavy (non-hydrogen) atoms. The molecule has 0 radical (unpaired) electrons. The molecule has 1 aromatic rings. The smallest absolute Gasteiger partial charge is 0.158 e. The summed E-state index contributed by atoms with van der Waals surface area (Å²) in [5, 5.41) is 11.6. The summed E-state index contributed by atoms with van der Waals surface area (Å²) in [6, 6.07) is 1.92. The average molecular weight is 220 g/mol. The summed E-state index contributed by atoms with van der Waals surface area (Å²) in [5.41, 5.74) is 0.321. The molecule has 0 bridgehead atoms. The molecular formula is C11H16N4O. The molecular weight excluding hydrogens is 204 g/mol. The number of rotatable bonds is 6. The van der Waals surface area contributed by atoms with Crippen LogP contribution in [0.5, 0.6) is 0 Å². The lowest BCUT2D eigenvalue weighted by atomic mass is 10.2. The number of ether oxygens (including phenoxy) is 1. The van der Waals surface area contributed by atoms with Gasteiger partial charge in [0.15, 0.2) is 5.69 Å². The van der Waals surface area contributed by atoms with E-state index in [-0.39, 0.29) is 0 Å². The van der Waals surface area contributed by atoms with Gasteiger partial charge in [-0.2, -0.15) is 5.26 Å². The maximum Gasteiger partial charge on any atom is 0.158 e. The van der Waals surface area contributed by atoms with Crippen LogP contribution < -0.4 is 5.32 Å². The molecule has 0 aliphatic heterocycles. The lowest BCUT2D eigenvalue weighted by molar-refractivity contribution is 0.118. The van der Waals surface area contributed by atoms with E-state index in [1.807, 2.05) is 6.07 Å². The van der Waals surface area contributed by atoms with Gasteiger partial charge < -0.3 is 10.1 Å². The van der Waals surface area contributed by atoms with Crippen molar-refractivity contribution in [3.63, 3.8) is 0 Å². The van der Waals surface area contributed by atoms with Gasteiger partial charge in [-0.25, -0.2) is 9.97 Å². The molecule has 0 spiro atoms. The van der Waals surface area contributed by atoms with Gasteiger partial charge in [0.05, 0.1) is 19.0 Å². The van der Waals surface area contributed by atoms with Crippen LogP contribution in [0.1, 0.15) is 19.5 Å². The highest BCUT2D eigenvalue weighted by atomic mass is 16.5. The van der Waals surface area contributed by atoms with Crippen molar-refractivity contribution in [3.05, 3.63) is 18.1 Å². The van der Waals surface area contributed by atoms with Crippen molar-refractivity contribution in [2.75, 3.05) is 25.1 Å². The van der Waals surface area contributed by atoms with Crippen molar-refractivity contribution in [3.8, 4) is 6.07 Å². The Bertz CT molecular complexity index is 342. The largest absolute Gasteiger partial charge is 0.379 e. The van der Waals surface area contributed by atoms with Crippen molar-refractivity contribution in [2.45, 2.75) is 13.8 Å². The summed E-state index contributed by atoms with van der Waals surface area (Å²) in [6.45, 7) is 6.31. The summed E-state index contributed by atoms with van der Waals surface area (Å²) in [6.07, 6.45) is 2.98. The van der Waals surface area contributed by atoms with E-state index in [9.17, 15) is 0 Å². The van der Waals surface area contributed by atoms with E-state index < -0.39 is 0 Å². The molecule has 1 aromatic heterocycles. The van der Waals surface area contributed by atoms with E-state index in [1.165, 1.54) is 6.20 Å². The lowest BCUT2D eigenvalue weighted by Crippen LogP contribution is -2.13. The van der Waals surface area contributed by atoms with Crippen LogP contribution in [0.4, 0.5) is 5.82 Å². The molecule has 1 heterocycles. The number of anilines is 1. The Morgan fingerprint density at radius 3 is 2.81 bits per heavy atom. The van der Waals surface area contributed by atoms with Crippen LogP contribution in [0.3, 0.4) is 0 Å². The van der Waals surface area contributed by atoms with Gasteiger partial charge in [0.2, 0.25) is 0 Å². The number of hydrogen-bond acceptors (Lipinski definition) is 5. The maximum atomic E-state index is 8.53. The number of aromatic nitrogens is 2. The van der Waals surface area contributed by atoms with Gasteiger partial charge in [0, 0.05) is 13.2 Å². The first-order valence-corrected chi connectivity index (χ1v) is 5.26. The molecule has 0 aliphatic carbocycles. The van der Waals surface area contributed by atoms with Gasteiger partial charge >= 0.3 is 0 Å². The zero-order valence-corrected chi connectivity index (χ0v) is 9.60. The van der Waals surface area contributed by atoms with Crippen molar-refractivity contribution in [2.24, 2.45) is 5.92 Å². The van der Waals surface area contributed by atoms with Crippen LogP contribution in [0, 0.1) is 17.2 Å². The van der Waals surface area contributed by atoms with Crippen LogP contribution in [-0.4, -0.2) is 29.7 Å². The molecule has 1 rings (SSSR count). The first-order valence-electron chi connectivity index (χ1n) is 5.26. The van der Waals surface area contributed by atoms with Crippen LogP contribution in [0.25, 0.3) is 0 Å². The Morgan fingerprint density at radius 2 is 2.25 bits per heavy atom. The molecule has 0 saturated heterocycles. The molecule has 0 atom stereocenters. The quantitative estimate of drug-likeness (QED) is 0.734. The molecule has 0 saturated carbocycles. The first-order chi connectivity index (χ1) is 7.72. The molecule has 5 heteroatoms. The number of hydrogen-bond donors (Lipinski definition) is 1. The molecule has 0 fully saturated rings. The third-order valence-corrected chi connectivity index (χ3v) is 1.77. The molecule has 0 amide bonds. The van der Waals surface area contributed by atoms with Crippen LogP contribution >= 0.6 is 0 Å². The molecule has 86 valence electrons. The third-order valence-electron chi connectivity index (χ3n) is 1.77. The van der Waals surface area contributed by atoms with E-state index in [2.05, 4.69) is 29.1 Å². The van der Waals surface area contributed by atoms with Crippen LogP contribution in [0.15, 0.2) is 12.4 Å². The topological polar surface area (TPSA) is 70.8 Å². The molecule has 0 aromatic carbocycles. The summed E-state index contributed by atoms with van der Waals surface area (Å²) in [7, 11) is 0. The molecule has 0 aliphatic rings. The SMILES string of the molecule is CC(C)COCCNc1cnc(C#N)cn1. The maximum absolute atomic E-state index is 8.53. The van der Waals surface area contributed by atoms with Crippen LogP contribution in [-0.2, 0) is 4.74 Å². The highest BCUT2D eigenvalue weighted by Gasteiger charge is 1.96. The Hall–Kier alpha value is -1.67. The van der Waals surface area contributed by atoms with E-state index in [4.69, 9.17) is 10.00 Å². The lowest BCUT2D eigenvalue weighted by Gasteiger charge is -2.07. The van der Waals surface area contributed by atoms with Crippen molar-refractivity contribution >= 4 is 5.82 Å². The fourth-order valence-corrected chi connectivity index (χ4v) is 1.05. The summed E-state index contributed by atoms with van der Waals surface area (Å²) in [4.78, 5) is 7.93. The van der Waals surface area contributed by atoms with Crippen molar-refractivity contribution in [1.82, 2.24) is 9.97 Å². The van der Waals surface area contributed by atoms with Gasteiger partial charge in [-0.3, -0.25) is 0 Å². The van der Waals surface area contributed by atoms with Gasteiger partial charge in [-0.1, -0.05) is 13.8 Å². The highest BCUT2D eigenvalue weighted by Crippen LogP contribution is 1.99. The van der Waals surface area contributed by atoms with Crippen molar-refractivity contribution in [1.29, 1.82) is 5.26 Å². The third kappa shape index (κ3) is 4.71. The minimum absolute atomic E-state index is 0.321. The zero-order valence-electron chi connectivity index (χ0n) is 9.60. The monoisotopic (exact) mass is 220 g/mol. The average Bonchev–Trinajstić information content (AvgIpc) is 2.29. The van der Waals surface area contributed by atoms with Gasteiger partial charge in [-0.05, 0) is 5.92 Å². The summed E-state index contributed by atoms with van der Waals surface area (Å²) < 4.78 is 5.40. The Morgan fingerprint density at radius 1 is 1.44 bits per heavy atom. The van der Waals surface area contributed by atoms with Gasteiger partial charge in [-0.15, -0.1) is 0 Å². The number of nitriles is 1. The fraction of sp³-hybridized carbons (Fsp3) is 0.545. The van der Waals surface area contributed by atoms with Crippen LogP contribution in [0.2, 0.25) is 0 Å². The molecule has 0 unspecified atom stereocenters. The standard InChI is InChI=1S/C11H16N4O/c1-9(2)8-16-4-3-13-11-7-14-10(5-12)6-15-11/h6-7,9H,3-4,8H2,1-2H3,(H,13,15). The molecule has 5 nitrogen and oxygen atoms in total. The highest BCUT2D eigenvalue weighted by molar-refractivity contribution is 5.32. The second-order valence-corrected chi connectivity index (χ2v) is 3.79. The number of nitrogens with zero attached hydrogens (tertiary/aromatic N) is 3. The Labute approximate surface area is 95.5 Å². The Balaban J connectivity index is 2.20. The van der Waals surface area contributed by atoms with E-state index in [0.29, 0.717) is 30.6 Å². The molecule has 1 N–H and O–H groups in total. The summed E-state index contributed by atoms with van der Waals surface area (Å²) in [5.74, 6) is 1.21. The first kappa shape index (κ1) is 12.4. The minimum Gasteiger partial charge on any atom is -0.379 e. The Kier molecular flexibility index (Phi) is 5.23. The second-order valence-electron chi connectivity index (χ2n) is 3.79. The van der Waals surface area contributed by atoms with Gasteiger partial charge in [0.25, 0.3) is 0 Å². The minimum atomic E-state index is 0.321. The van der Waals surface area contributed by atoms with E-state index >= 15 is 0 Å².